The fourth-order valence-corrected chi connectivity index (χ4v) is 5.89. The maximum Gasteiger partial charge on any atom is 0.306 e. The molecule has 0 radical (unpaired) electrons. The molecule has 6 nitrogen and oxygen atoms in total. The van der Waals surface area contributed by atoms with Crippen LogP contribution in [0.4, 0.5) is 0 Å². The van der Waals surface area contributed by atoms with E-state index in [4.69, 9.17) is 9.47 Å². The van der Waals surface area contributed by atoms with Gasteiger partial charge in [0.25, 0.3) is 0 Å². The molecule has 0 amide bonds. The smallest absolute Gasteiger partial charge is 0.306 e. The van der Waals surface area contributed by atoms with E-state index in [1.807, 2.05) is 50.2 Å². The van der Waals surface area contributed by atoms with Crippen LogP contribution in [0.3, 0.4) is 0 Å². The summed E-state index contributed by atoms with van der Waals surface area (Å²) in [6.07, 6.45) is 2.58. The summed E-state index contributed by atoms with van der Waals surface area (Å²) in [5, 5.41) is 0. The molecule has 4 atom stereocenters. The molecule has 0 unspecified atom stereocenters. The average Bonchev–Trinajstić information content (AvgIpc) is 2.93. The van der Waals surface area contributed by atoms with Crippen molar-refractivity contribution in [3.63, 3.8) is 0 Å². The molecule has 2 aliphatic heterocycles. The largest absolute Gasteiger partial charge is 0.454 e. The summed E-state index contributed by atoms with van der Waals surface area (Å²) in [5.41, 5.74) is 1.33. The van der Waals surface area contributed by atoms with E-state index in [2.05, 4.69) is 62.0 Å². The van der Waals surface area contributed by atoms with Crippen LogP contribution in [0.5, 0.6) is 0 Å². The third kappa shape index (κ3) is 6.83. The molecule has 2 aliphatic rings. The van der Waals surface area contributed by atoms with Crippen molar-refractivity contribution < 1.29 is 19.1 Å². The molecule has 0 aromatic heterocycles. The number of ether oxygens (including phenoxy) is 2. The summed E-state index contributed by atoms with van der Waals surface area (Å²) in [7, 11) is 4.24. The number of carbonyl (C=O) groups excluding carboxylic acids is 2. The van der Waals surface area contributed by atoms with Crippen LogP contribution in [0.15, 0.2) is 60.7 Å². The maximum atomic E-state index is 11.8. The SMILES string of the molecule is CCC(=O)O[C@@]1(c2ccccc2)CCN(C)C[C@H]1C.CCC(=O)O[C@]1(c2ccccc2)CCN(C)C[C@H]1C. The van der Waals surface area contributed by atoms with Crippen molar-refractivity contribution in [1.29, 1.82) is 0 Å². The van der Waals surface area contributed by atoms with Crippen molar-refractivity contribution in [2.75, 3.05) is 40.3 Å². The van der Waals surface area contributed by atoms with Gasteiger partial charge in [0.2, 0.25) is 0 Å². The van der Waals surface area contributed by atoms with Crippen LogP contribution in [0.25, 0.3) is 0 Å². The van der Waals surface area contributed by atoms with E-state index in [-0.39, 0.29) is 11.9 Å². The lowest BCUT2D eigenvalue weighted by Crippen LogP contribution is -2.50. The van der Waals surface area contributed by atoms with Crippen molar-refractivity contribution in [2.45, 2.75) is 64.6 Å². The first-order valence-electron chi connectivity index (χ1n) is 14.1. The molecule has 2 saturated heterocycles. The second kappa shape index (κ2) is 13.4. The minimum atomic E-state index is -0.457. The van der Waals surface area contributed by atoms with E-state index < -0.39 is 11.2 Å². The highest BCUT2D eigenvalue weighted by molar-refractivity contribution is 5.70. The van der Waals surface area contributed by atoms with Crippen LogP contribution in [0.1, 0.15) is 64.5 Å². The van der Waals surface area contributed by atoms with E-state index >= 15 is 0 Å². The fraction of sp³-hybridized carbons (Fsp3) is 0.562. The Bertz CT molecular complexity index is 947. The fourth-order valence-electron chi connectivity index (χ4n) is 5.89. The molecule has 6 heteroatoms. The predicted octanol–water partition coefficient (Wildman–Crippen LogP) is 5.61. The van der Waals surface area contributed by atoms with Gasteiger partial charge in [-0.15, -0.1) is 0 Å². The van der Waals surface area contributed by atoms with Gasteiger partial charge in [-0.1, -0.05) is 88.4 Å². The summed E-state index contributed by atoms with van der Waals surface area (Å²) in [4.78, 5) is 28.3. The van der Waals surface area contributed by atoms with Gasteiger partial charge in [-0.25, -0.2) is 0 Å². The van der Waals surface area contributed by atoms with Crippen molar-refractivity contribution in [3.8, 4) is 0 Å². The van der Waals surface area contributed by atoms with E-state index in [1.165, 1.54) is 0 Å². The Morgan fingerprint density at radius 2 is 1.05 bits per heavy atom. The number of piperidine rings is 2. The lowest BCUT2D eigenvalue weighted by molar-refractivity contribution is -0.175. The third-order valence-electron chi connectivity index (χ3n) is 8.19. The summed E-state index contributed by atoms with van der Waals surface area (Å²) in [6.45, 7) is 11.8. The second-order valence-corrected chi connectivity index (χ2v) is 11.0. The number of likely N-dealkylation sites (tertiary alicyclic amines) is 2. The number of nitrogens with zero attached hydrogens (tertiary/aromatic N) is 2. The molecule has 0 bridgehead atoms. The molecule has 38 heavy (non-hydrogen) atoms. The van der Waals surface area contributed by atoms with Crippen molar-refractivity contribution in [2.24, 2.45) is 11.8 Å². The molecule has 2 heterocycles. The van der Waals surface area contributed by atoms with Crippen LogP contribution >= 0.6 is 0 Å². The standard InChI is InChI=1S/2C16H23NO2/c2*1-4-15(18)19-16(14-8-6-5-7-9-14)10-11-17(3)12-13(16)2/h2*5-9,13H,4,10-12H2,1-3H3/t13-,16+;13-,16-/m11/s1. The number of hydrogen-bond donors (Lipinski definition) is 0. The zero-order valence-corrected chi connectivity index (χ0v) is 24.1. The van der Waals surface area contributed by atoms with E-state index in [9.17, 15) is 9.59 Å². The van der Waals surface area contributed by atoms with Gasteiger partial charge in [-0.2, -0.15) is 0 Å². The Labute approximate surface area is 229 Å². The molecular weight excluding hydrogens is 476 g/mol. The highest BCUT2D eigenvalue weighted by Gasteiger charge is 2.45. The summed E-state index contributed by atoms with van der Waals surface area (Å²) in [5.74, 6) is 0.369. The molecule has 0 saturated carbocycles. The highest BCUT2D eigenvalue weighted by atomic mass is 16.6. The number of rotatable bonds is 6. The zero-order valence-electron chi connectivity index (χ0n) is 24.1. The van der Waals surface area contributed by atoms with Crippen LogP contribution in [0, 0.1) is 11.8 Å². The average molecular weight is 523 g/mol. The lowest BCUT2D eigenvalue weighted by atomic mass is 9.76. The van der Waals surface area contributed by atoms with Crippen LogP contribution in [-0.4, -0.2) is 62.0 Å². The van der Waals surface area contributed by atoms with E-state index in [0.717, 1.165) is 50.1 Å². The molecule has 0 N–H and O–H groups in total. The van der Waals surface area contributed by atoms with Gasteiger partial charge in [0.05, 0.1) is 0 Å². The highest BCUT2D eigenvalue weighted by Crippen LogP contribution is 2.42. The van der Waals surface area contributed by atoms with Gasteiger partial charge in [0.1, 0.15) is 11.2 Å². The molecule has 2 aromatic rings. The summed E-state index contributed by atoms with van der Waals surface area (Å²) < 4.78 is 11.8. The predicted molar refractivity (Wildman–Crippen MR) is 152 cm³/mol. The maximum absolute atomic E-state index is 11.8. The van der Waals surface area contributed by atoms with Gasteiger partial charge < -0.3 is 19.3 Å². The Hall–Kier alpha value is -2.70. The molecule has 2 fully saturated rings. The first-order chi connectivity index (χ1) is 18.2. The van der Waals surface area contributed by atoms with Gasteiger partial charge in [-0.3, -0.25) is 9.59 Å². The Morgan fingerprint density at radius 1 is 0.711 bits per heavy atom. The third-order valence-corrected chi connectivity index (χ3v) is 8.19. The van der Waals surface area contributed by atoms with Crippen LogP contribution in [-0.2, 0) is 30.3 Å². The summed E-state index contributed by atoms with van der Waals surface area (Å²) in [6, 6.07) is 20.4. The minimum Gasteiger partial charge on any atom is -0.454 e. The molecule has 0 spiro atoms. The first kappa shape index (κ1) is 29.9. The Kier molecular flexibility index (Phi) is 10.5. The molecule has 4 rings (SSSR count). The number of carbonyl (C=O) groups is 2. The van der Waals surface area contributed by atoms with Crippen molar-refractivity contribution in [3.05, 3.63) is 71.8 Å². The van der Waals surface area contributed by atoms with Crippen molar-refractivity contribution >= 4 is 11.9 Å². The van der Waals surface area contributed by atoms with Crippen molar-refractivity contribution in [1.82, 2.24) is 9.80 Å². The molecular formula is C32H46N2O4. The van der Waals surface area contributed by atoms with E-state index in [1.54, 1.807) is 0 Å². The molecule has 0 aliphatic carbocycles. The first-order valence-corrected chi connectivity index (χ1v) is 14.1. The Morgan fingerprint density at radius 3 is 1.34 bits per heavy atom. The number of esters is 2. The molecule has 208 valence electrons. The van der Waals surface area contributed by atoms with Gasteiger partial charge in [0, 0.05) is 63.7 Å². The normalized spacial score (nSPS) is 28.1. The number of benzene rings is 2. The van der Waals surface area contributed by atoms with Crippen LogP contribution in [0.2, 0.25) is 0 Å². The quantitative estimate of drug-likeness (QED) is 0.460. The molecule has 2 aromatic carbocycles. The van der Waals surface area contributed by atoms with Gasteiger partial charge in [0.15, 0.2) is 0 Å². The lowest BCUT2D eigenvalue weighted by Gasteiger charge is -2.45. The topological polar surface area (TPSA) is 59.1 Å². The van der Waals surface area contributed by atoms with Gasteiger partial charge in [-0.05, 0) is 25.2 Å². The summed E-state index contributed by atoms with van der Waals surface area (Å²) >= 11 is 0. The monoisotopic (exact) mass is 522 g/mol. The second-order valence-electron chi connectivity index (χ2n) is 11.0. The van der Waals surface area contributed by atoms with Crippen LogP contribution < -0.4 is 0 Å². The Balaban J connectivity index is 0.000000211. The van der Waals surface area contributed by atoms with E-state index in [0.29, 0.717) is 24.7 Å². The van der Waals surface area contributed by atoms with Gasteiger partial charge >= 0.3 is 11.9 Å². The number of hydrogen-bond acceptors (Lipinski definition) is 6. The minimum absolute atomic E-state index is 0.111. The zero-order chi connectivity index (χ0) is 27.8.